The number of fused-ring (bicyclic) bond motifs is 2. The van der Waals surface area contributed by atoms with Crippen molar-refractivity contribution in [2.75, 3.05) is 0 Å². The van der Waals surface area contributed by atoms with Crippen LogP contribution >= 0.6 is 0 Å². The lowest BCUT2D eigenvalue weighted by atomic mass is 9.71. The predicted molar refractivity (Wildman–Crippen MR) is 86.8 cm³/mol. The van der Waals surface area contributed by atoms with Gasteiger partial charge in [0.15, 0.2) is 0 Å². The number of aliphatic hydroxyl groups is 1. The highest BCUT2D eigenvalue weighted by atomic mass is 16.7. The average molecular weight is 346 g/mol. The molecule has 2 aliphatic heterocycles. The molecule has 6 nitrogen and oxygen atoms in total. The van der Waals surface area contributed by atoms with Gasteiger partial charge in [0.1, 0.15) is 6.10 Å². The van der Waals surface area contributed by atoms with E-state index in [1.807, 2.05) is 0 Å². The molecule has 4 aliphatic rings. The first-order chi connectivity index (χ1) is 11.8. The number of hydrogen-bond donors (Lipinski definition) is 1. The smallest absolute Gasteiger partial charge is 0.338 e. The maximum Gasteiger partial charge on any atom is 0.338 e. The first kappa shape index (κ1) is 16.4. The van der Waals surface area contributed by atoms with Crippen LogP contribution in [-0.4, -0.2) is 35.5 Å². The second-order valence-corrected chi connectivity index (χ2v) is 7.85. The summed E-state index contributed by atoms with van der Waals surface area (Å²) >= 11 is 0. The van der Waals surface area contributed by atoms with Crippen LogP contribution in [0.25, 0.3) is 0 Å². The molecular formula is C19H22O6. The Bertz CT molecular complexity index is 741. The van der Waals surface area contributed by atoms with Crippen molar-refractivity contribution in [3.05, 3.63) is 34.6 Å². The summed E-state index contributed by atoms with van der Waals surface area (Å²) < 4.78 is 16.1. The molecule has 134 valence electrons. The van der Waals surface area contributed by atoms with Gasteiger partial charge in [-0.25, -0.2) is 9.59 Å². The zero-order chi connectivity index (χ0) is 17.9. The standard InChI is InChI=1S/C19H22O6/c1-9-6-14(24-17(9)21)23-8-12-10-7-11-13(20)4-5-19(2,3)15(11)16(10)25-18(12)22/h6,8,10,13-14,16,20H,4-5,7H2,1-3H3/b12-8+/t10-,13-,14+,16+/m1/s1. The fourth-order valence-electron chi connectivity index (χ4n) is 4.38. The molecule has 0 bridgehead atoms. The maximum absolute atomic E-state index is 12.3. The summed E-state index contributed by atoms with van der Waals surface area (Å²) in [6.07, 6.45) is 3.53. The Morgan fingerprint density at radius 2 is 2.04 bits per heavy atom. The highest BCUT2D eigenvalue weighted by molar-refractivity contribution is 5.92. The van der Waals surface area contributed by atoms with Gasteiger partial charge in [-0.3, -0.25) is 0 Å². The predicted octanol–water partition coefficient (Wildman–Crippen LogP) is 2.14. The molecule has 4 rings (SSSR count). The van der Waals surface area contributed by atoms with E-state index >= 15 is 0 Å². The van der Waals surface area contributed by atoms with E-state index in [4.69, 9.17) is 14.2 Å². The molecule has 25 heavy (non-hydrogen) atoms. The minimum absolute atomic E-state index is 0.0919. The minimum atomic E-state index is -0.808. The van der Waals surface area contributed by atoms with E-state index in [0.717, 1.165) is 24.0 Å². The zero-order valence-electron chi connectivity index (χ0n) is 14.6. The number of ether oxygens (including phenoxy) is 3. The third-order valence-corrected chi connectivity index (χ3v) is 5.74. The SMILES string of the molecule is CC1=C[C@@H](O/C=C2/C(=O)O[C@@H]3C4=C(C[C@H]23)[C@H](O)CCC4(C)C)OC1=O. The van der Waals surface area contributed by atoms with Crippen molar-refractivity contribution in [2.24, 2.45) is 11.3 Å². The van der Waals surface area contributed by atoms with E-state index in [1.54, 1.807) is 13.0 Å². The van der Waals surface area contributed by atoms with E-state index in [1.165, 1.54) is 6.26 Å². The number of carbonyl (C=O) groups is 2. The van der Waals surface area contributed by atoms with Crippen LogP contribution in [0.2, 0.25) is 0 Å². The molecule has 0 aromatic heterocycles. The summed E-state index contributed by atoms with van der Waals surface area (Å²) in [4.78, 5) is 23.7. The normalized spacial score (nSPS) is 37.6. The van der Waals surface area contributed by atoms with Gasteiger partial charge in [-0.2, -0.15) is 0 Å². The van der Waals surface area contributed by atoms with Crippen LogP contribution in [0.5, 0.6) is 0 Å². The van der Waals surface area contributed by atoms with Crippen molar-refractivity contribution < 1.29 is 28.9 Å². The van der Waals surface area contributed by atoms with Gasteiger partial charge in [0.2, 0.25) is 0 Å². The van der Waals surface area contributed by atoms with Crippen LogP contribution < -0.4 is 0 Å². The monoisotopic (exact) mass is 346 g/mol. The Balaban J connectivity index is 1.57. The van der Waals surface area contributed by atoms with Crippen LogP contribution in [0.4, 0.5) is 0 Å². The van der Waals surface area contributed by atoms with Crippen molar-refractivity contribution in [3.8, 4) is 0 Å². The fourth-order valence-corrected chi connectivity index (χ4v) is 4.38. The molecule has 0 unspecified atom stereocenters. The Labute approximate surface area is 146 Å². The van der Waals surface area contributed by atoms with E-state index in [2.05, 4.69) is 13.8 Å². The Morgan fingerprint density at radius 1 is 1.28 bits per heavy atom. The van der Waals surface area contributed by atoms with Crippen molar-refractivity contribution in [1.29, 1.82) is 0 Å². The lowest BCUT2D eigenvalue weighted by Crippen LogP contribution is -2.31. The number of hydrogen-bond acceptors (Lipinski definition) is 6. The van der Waals surface area contributed by atoms with Crippen LogP contribution in [0.3, 0.4) is 0 Å². The highest BCUT2D eigenvalue weighted by Gasteiger charge is 2.53. The van der Waals surface area contributed by atoms with Gasteiger partial charge in [-0.1, -0.05) is 13.8 Å². The summed E-state index contributed by atoms with van der Waals surface area (Å²) in [6, 6.07) is 0. The van der Waals surface area contributed by atoms with Gasteiger partial charge in [-0.15, -0.1) is 0 Å². The molecule has 2 aliphatic carbocycles. The average Bonchev–Trinajstić information content (AvgIpc) is 3.15. The lowest BCUT2D eigenvalue weighted by molar-refractivity contribution is -0.152. The number of carbonyl (C=O) groups excluding carboxylic acids is 2. The minimum Gasteiger partial charge on any atom is -0.458 e. The molecule has 1 fully saturated rings. The molecule has 1 saturated heterocycles. The fraction of sp³-hybridized carbons (Fsp3) is 0.579. The second kappa shape index (κ2) is 5.46. The number of cyclic esters (lactones) is 1. The van der Waals surface area contributed by atoms with Gasteiger partial charge >= 0.3 is 11.9 Å². The molecule has 0 spiro atoms. The van der Waals surface area contributed by atoms with Crippen molar-refractivity contribution in [3.63, 3.8) is 0 Å². The second-order valence-electron chi connectivity index (χ2n) is 7.85. The summed E-state index contributed by atoms with van der Waals surface area (Å²) in [5, 5.41) is 10.4. The summed E-state index contributed by atoms with van der Waals surface area (Å²) in [5.41, 5.74) is 2.91. The first-order valence-corrected chi connectivity index (χ1v) is 8.65. The van der Waals surface area contributed by atoms with E-state index < -0.39 is 24.3 Å². The lowest BCUT2D eigenvalue weighted by Gasteiger charge is -2.36. The van der Waals surface area contributed by atoms with Crippen molar-refractivity contribution >= 4 is 11.9 Å². The molecular weight excluding hydrogens is 324 g/mol. The molecule has 6 heteroatoms. The molecule has 0 aromatic rings. The van der Waals surface area contributed by atoms with Crippen LogP contribution in [0.15, 0.2) is 34.6 Å². The Morgan fingerprint density at radius 3 is 2.72 bits per heavy atom. The molecule has 0 saturated carbocycles. The molecule has 1 N–H and O–H groups in total. The van der Waals surface area contributed by atoms with Crippen LogP contribution in [-0.2, 0) is 23.8 Å². The molecule has 0 radical (unpaired) electrons. The number of aliphatic hydroxyl groups excluding tert-OH is 1. The molecule has 0 aromatic carbocycles. The van der Waals surface area contributed by atoms with E-state index in [9.17, 15) is 14.7 Å². The zero-order valence-corrected chi connectivity index (χ0v) is 14.6. The van der Waals surface area contributed by atoms with Crippen LogP contribution in [0.1, 0.15) is 40.0 Å². The Hall–Kier alpha value is -2.08. The number of esters is 2. The van der Waals surface area contributed by atoms with Gasteiger partial charge < -0.3 is 19.3 Å². The summed E-state index contributed by atoms with van der Waals surface area (Å²) in [7, 11) is 0. The highest BCUT2D eigenvalue weighted by Crippen LogP contribution is 2.54. The number of rotatable bonds is 2. The quantitative estimate of drug-likeness (QED) is 0.357. The maximum atomic E-state index is 12.3. The largest absolute Gasteiger partial charge is 0.458 e. The van der Waals surface area contributed by atoms with Crippen molar-refractivity contribution in [2.45, 2.75) is 58.5 Å². The Kier molecular flexibility index (Phi) is 3.58. The molecule has 4 atom stereocenters. The van der Waals surface area contributed by atoms with Gasteiger partial charge in [0.25, 0.3) is 6.29 Å². The van der Waals surface area contributed by atoms with Gasteiger partial charge in [0.05, 0.1) is 17.9 Å². The van der Waals surface area contributed by atoms with Crippen molar-refractivity contribution in [1.82, 2.24) is 0 Å². The summed E-state index contributed by atoms with van der Waals surface area (Å²) in [5.74, 6) is -0.965. The third-order valence-electron chi connectivity index (χ3n) is 5.74. The third kappa shape index (κ3) is 2.51. The van der Waals surface area contributed by atoms with E-state index in [0.29, 0.717) is 17.6 Å². The topological polar surface area (TPSA) is 82.1 Å². The first-order valence-electron chi connectivity index (χ1n) is 8.65. The molecule has 0 amide bonds. The van der Waals surface area contributed by atoms with Gasteiger partial charge in [-0.05, 0) is 42.7 Å². The summed E-state index contributed by atoms with van der Waals surface area (Å²) in [6.45, 7) is 5.92. The van der Waals surface area contributed by atoms with E-state index in [-0.39, 0.29) is 17.4 Å². The van der Waals surface area contributed by atoms with Crippen LogP contribution in [0, 0.1) is 11.3 Å². The van der Waals surface area contributed by atoms with Gasteiger partial charge in [0, 0.05) is 17.6 Å². The molecule has 2 heterocycles.